The fourth-order valence-corrected chi connectivity index (χ4v) is 1.92. The van der Waals surface area contributed by atoms with Crippen molar-refractivity contribution in [2.24, 2.45) is 5.92 Å². The van der Waals surface area contributed by atoms with Crippen LogP contribution in [0.4, 0.5) is 0 Å². The van der Waals surface area contributed by atoms with Gasteiger partial charge in [0.1, 0.15) is 5.75 Å². The Morgan fingerprint density at radius 1 is 1.10 bits per heavy atom. The van der Waals surface area contributed by atoms with Gasteiger partial charge in [0.15, 0.2) is 0 Å². The molecule has 4 heteroatoms. The van der Waals surface area contributed by atoms with Crippen molar-refractivity contribution >= 4 is 0 Å². The van der Waals surface area contributed by atoms with E-state index in [2.05, 4.69) is 38.2 Å². The Hall–Kier alpha value is -1.10. The molecule has 0 saturated heterocycles. The molecule has 0 heterocycles. The van der Waals surface area contributed by atoms with E-state index in [0.29, 0.717) is 12.5 Å². The van der Waals surface area contributed by atoms with E-state index in [9.17, 15) is 5.11 Å². The summed E-state index contributed by atoms with van der Waals surface area (Å²) in [5.74, 6) is 1.42. The standard InChI is InChI=1S/C16H27NO3/c1-12(2)10-20-16-7-5-14(6-8-16)13(3)17-15(9-18)11-19-4/h5-8,12-13,15,17-18H,9-11H2,1-4H3. The first-order valence-corrected chi connectivity index (χ1v) is 7.15. The summed E-state index contributed by atoms with van der Waals surface area (Å²) in [6.07, 6.45) is 0. The van der Waals surface area contributed by atoms with Gasteiger partial charge in [-0.05, 0) is 30.5 Å². The normalized spacial score (nSPS) is 14.3. The smallest absolute Gasteiger partial charge is 0.119 e. The maximum atomic E-state index is 9.26. The molecule has 0 radical (unpaired) electrons. The predicted octanol–water partition coefficient (Wildman–Crippen LogP) is 2.38. The van der Waals surface area contributed by atoms with E-state index >= 15 is 0 Å². The molecule has 0 aliphatic rings. The molecule has 0 bridgehead atoms. The SMILES string of the molecule is COCC(CO)NC(C)c1ccc(OCC(C)C)cc1. The second kappa shape index (κ2) is 8.95. The first kappa shape index (κ1) is 17.0. The van der Waals surface area contributed by atoms with Crippen molar-refractivity contribution in [3.05, 3.63) is 29.8 Å². The van der Waals surface area contributed by atoms with Crippen LogP contribution in [0.5, 0.6) is 5.75 Å². The second-order valence-electron chi connectivity index (χ2n) is 5.50. The highest BCUT2D eigenvalue weighted by Crippen LogP contribution is 2.18. The number of hydrogen-bond acceptors (Lipinski definition) is 4. The van der Waals surface area contributed by atoms with Gasteiger partial charge < -0.3 is 19.9 Å². The molecule has 114 valence electrons. The summed E-state index contributed by atoms with van der Waals surface area (Å²) in [6, 6.07) is 8.18. The van der Waals surface area contributed by atoms with Gasteiger partial charge in [0.05, 0.1) is 25.9 Å². The Balaban J connectivity index is 2.54. The van der Waals surface area contributed by atoms with Crippen LogP contribution in [0.1, 0.15) is 32.4 Å². The molecule has 1 rings (SSSR count). The largest absolute Gasteiger partial charge is 0.493 e. The Morgan fingerprint density at radius 2 is 1.75 bits per heavy atom. The molecule has 0 aliphatic carbocycles. The van der Waals surface area contributed by atoms with Crippen molar-refractivity contribution in [3.63, 3.8) is 0 Å². The van der Waals surface area contributed by atoms with Gasteiger partial charge in [0, 0.05) is 13.2 Å². The van der Waals surface area contributed by atoms with Gasteiger partial charge in [-0.25, -0.2) is 0 Å². The molecule has 1 aromatic carbocycles. The third-order valence-electron chi connectivity index (χ3n) is 3.04. The van der Waals surface area contributed by atoms with Crippen LogP contribution in [0.15, 0.2) is 24.3 Å². The average molecular weight is 281 g/mol. The molecule has 2 atom stereocenters. The maximum absolute atomic E-state index is 9.26. The molecule has 0 amide bonds. The Kier molecular flexibility index (Phi) is 7.59. The summed E-state index contributed by atoms with van der Waals surface area (Å²) in [5.41, 5.74) is 1.16. The highest BCUT2D eigenvalue weighted by atomic mass is 16.5. The van der Waals surface area contributed by atoms with Gasteiger partial charge in [-0.3, -0.25) is 0 Å². The van der Waals surface area contributed by atoms with E-state index in [1.165, 1.54) is 0 Å². The van der Waals surface area contributed by atoms with Gasteiger partial charge >= 0.3 is 0 Å². The lowest BCUT2D eigenvalue weighted by molar-refractivity contribution is 0.123. The van der Waals surface area contributed by atoms with Crippen molar-refractivity contribution < 1.29 is 14.6 Å². The summed E-state index contributed by atoms with van der Waals surface area (Å²) in [4.78, 5) is 0. The number of benzene rings is 1. The fourth-order valence-electron chi connectivity index (χ4n) is 1.92. The topological polar surface area (TPSA) is 50.7 Å². The first-order valence-electron chi connectivity index (χ1n) is 7.15. The van der Waals surface area contributed by atoms with Crippen LogP contribution >= 0.6 is 0 Å². The van der Waals surface area contributed by atoms with Crippen LogP contribution in [-0.2, 0) is 4.74 Å². The van der Waals surface area contributed by atoms with Gasteiger partial charge in [0.25, 0.3) is 0 Å². The van der Waals surface area contributed by atoms with E-state index in [4.69, 9.17) is 9.47 Å². The van der Waals surface area contributed by atoms with Crippen molar-refractivity contribution in [1.29, 1.82) is 0 Å². The zero-order valence-corrected chi connectivity index (χ0v) is 12.9. The molecule has 0 aromatic heterocycles. The molecule has 0 spiro atoms. The molecule has 4 nitrogen and oxygen atoms in total. The van der Waals surface area contributed by atoms with Crippen LogP contribution in [0, 0.1) is 5.92 Å². The van der Waals surface area contributed by atoms with Crippen molar-refractivity contribution in [1.82, 2.24) is 5.32 Å². The minimum atomic E-state index is -0.0492. The van der Waals surface area contributed by atoms with Crippen molar-refractivity contribution in [3.8, 4) is 5.75 Å². The minimum Gasteiger partial charge on any atom is -0.493 e. The molecule has 2 N–H and O–H groups in total. The first-order chi connectivity index (χ1) is 9.56. The molecule has 0 aliphatic heterocycles. The Labute approximate surface area is 122 Å². The Bertz CT molecular complexity index is 364. The van der Waals surface area contributed by atoms with Gasteiger partial charge in [0.2, 0.25) is 0 Å². The van der Waals surface area contributed by atoms with Crippen molar-refractivity contribution in [2.45, 2.75) is 32.9 Å². The lowest BCUT2D eigenvalue weighted by Gasteiger charge is -2.21. The zero-order chi connectivity index (χ0) is 15.0. The summed E-state index contributed by atoms with van der Waals surface area (Å²) in [7, 11) is 1.63. The number of aliphatic hydroxyl groups excluding tert-OH is 1. The molecule has 0 fully saturated rings. The van der Waals surface area contributed by atoms with Crippen LogP contribution in [0.25, 0.3) is 0 Å². The van der Waals surface area contributed by atoms with Gasteiger partial charge in [-0.15, -0.1) is 0 Å². The summed E-state index contributed by atoms with van der Waals surface area (Å²) >= 11 is 0. The van der Waals surface area contributed by atoms with Gasteiger partial charge in [-0.1, -0.05) is 26.0 Å². The van der Waals surface area contributed by atoms with Gasteiger partial charge in [-0.2, -0.15) is 0 Å². The molecule has 20 heavy (non-hydrogen) atoms. The average Bonchev–Trinajstić information content (AvgIpc) is 2.45. The van der Waals surface area contributed by atoms with E-state index < -0.39 is 0 Å². The van der Waals surface area contributed by atoms with Crippen LogP contribution in [-0.4, -0.2) is 38.1 Å². The molecular weight excluding hydrogens is 254 g/mol. The van der Waals surface area contributed by atoms with E-state index in [1.54, 1.807) is 7.11 Å². The van der Waals surface area contributed by atoms with Crippen LogP contribution < -0.4 is 10.1 Å². The van der Waals surface area contributed by atoms with Crippen LogP contribution in [0.2, 0.25) is 0 Å². The molecule has 1 aromatic rings. The van der Waals surface area contributed by atoms with E-state index in [0.717, 1.165) is 17.9 Å². The number of hydrogen-bond donors (Lipinski definition) is 2. The third kappa shape index (κ3) is 5.90. The Morgan fingerprint density at radius 3 is 2.25 bits per heavy atom. The van der Waals surface area contributed by atoms with E-state index in [1.807, 2.05) is 12.1 Å². The number of nitrogens with one attached hydrogen (secondary N) is 1. The maximum Gasteiger partial charge on any atom is 0.119 e. The molecule has 0 saturated carbocycles. The number of aliphatic hydroxyl groups is 1. The predicted molar refractivity (Wildman–Crippen MR) is 81.1 cm³/mol. The quantitative estimate of drug-likeness (QED) is 0.729. The minimum absolute atomic E-state index is 0.0492. The molecular formula is C16H27NO3. The summed E-state index contributed by atoms with van der Waals surface area (Å²) in [6.45, 7) is 7.62. The lowest BCUT2D eigenvalue weighted by atomic mass is 10.1. The fraction of sp³-hybridized carbons (Fsp3) is 0.625. The van der Waals surface area contributed by atoms with Crippen LogP contribution in [0.3, 0.4) is 0 Å². The third-order valence-corrected chi connectivity index (χ3v) is 3.04. The van der Waals surface area contributed by atoms with Crippen molar-refractivity contribution in [2.75, 3.05) is 26.9 Å². The second-order valence-corrected chi connectivity index (χ2v) is 5.50. The highest BCUT2D eigenvalue weighted by Gasteiger charge is 2.12. The number of methoxy groups -OCH3 is 1. The monoisotopic (exact) mass is 281 g/mol. The zero-order valence-electron chi connectivity index (χ0n) is 12.9. The molecule has 2 unspecified atom stereocenters. The lowest BCUT2D eigenvalue weighted by Crippen LogP contribution is -2.38. The van der Waals surface area contributed by atoms with E-state index in [-0.39, 0.29) is 18.7 Å². The number of ether oxygens (including phenoxy) is 2. The summed E-state index contributed by atoms with van der Waals surface area (Å²) < 4.78 is 10.7. The highest BCUT2D eigenvalue weighted by molar-refractivity contribution is 5.29. The number of rotatable bonds is 9. The summed E-state index contributed by atoms with van der Waals surface area (Å²) in [5, 5.41) is 12.6.